The Balaban J connectivity index is 1.23. The van der Waals surface area contributed by atoms with E-state index in [1.165, 1.54) is 31.0 Å². The Kier molecular flexibility index (Phi) is 4.67. The van der Waals surface area contributed by atoms with Gasteiger partial charge in [0.25, 0.3) is 5.22 Å². The smallest absolute Gasteiger partial charge is 0.277 e. The average Bonchev–Trinajstić information content (AvgIpc) is 3.09. The van der Waals surface area contributed by atoms with Crippen molar-refractivity contribution in [2.24, 2.45) is 17.8 Å². The molecule has 4 saturated carbocycles. The fourth-order valence-electron chi connectivity index (χ4n) is 5.80. The van der Waals surface area contributed by atoms with Crippen LogP contribution in [0.15, 0.2) is 33.9 Å². The van der Waals surface area contributed by atoms with Gasteiger partial charge in [-0.25, -0.2) is 0 Å². The van der Waals surface area contributed by atoms with Gasteiger partial charge < -0.3 is 9.73 Å². The zero-order valence-corrected chi connectivity index (χ0v) is 17.4. The molecule has 0 spiro atoms. The van der Waals surface area contributed by atoms with Gasteiger partial charge in [-0.15, -0.1) is 10.2 Å². The minimum absolute atomic E-state index is 0.0317. The monoisotopic (exact) mass is 417 g/mol. The molecule has 1 heterocycles. The van der Waals surface area contributed by atoms with Crippen molar-refractivity contribution in [1.29, 1.82) is 0 Å². The van der Waals surface area contributed by atoms with Crippen molar-refractivity contribution in [3.05, 3.63) is 29.3 Å². The maximum Gasteiger partial charge on any atom is 0.277 e. The minimum Gasteiger partial charge on any atom is -0.411 e. The van der Waals surface area contributed by atoms with Gasteiger partial charge in [0, 0.05) is 16.1 Å². The number of nitrogens with zero attached hydrogens (tertiary/aromatic N) is 2. The van der Waals surface area contributed by atoms with E-state index in [9.17, 15) is 4.79 Å². The second kappa shape index (κ2) is 7.06. The molecule has 2 aromatic rings. The van der Waals surface area contributed by atoms with Crippen molar-refractivity contribution in [2.45, 2.75) is 61.5 Å². The highest BCUT2D eigenvalue weighted by Gasteiger charge is 2.51. The van der Waals surface area contributed by atoms with E-state index in [0.717, 1.165) is 42.6 Å². The molecule has 1 amide bonds. The molecule has 0 aliphatic heterocycles. The number of amides is 1. The molecule has 0 radical (unpaired) electrons. The molecule has 148 valence electrons. The number of nitrogens with one attached hydrogen (secondary N) is 1. The Bertz CT molecular complexity index is 847. The molecule has 0 saturated heterocycles. The fourth-order valence-corrected chi connectivity index (χ4v) is 6.61. The van der Waals surface area contributed by atoms with Gasteiger partial charge in [0.15, 0.2) is 0 Å². The zero-order chi connectivity index (χ0) is 19.3. The van der Waals surface area contributed by atoms with E-state index in [1.807, 2.05) is 19.1 Å². The number of halogens is 1. The molecule has 4 aliphatic rings. The predicted molar refractivity (Wildman–Crippen MR) is 109 cm³/mol. The highest BCUT2D eigenvalue weighted by atomic mass is 35.5. The van der Waals surface area contributed by atoms with E-state index < -0.39 is 0 Å². The third-order valence-corrected chi connectivity index (χ3v) is 7.76. The second-order valence-corrected chi connectivity index (χ2v) is 10.6. The van der Waals surface area contributed by atoms with Gasteiger partial charge in [0.05, 0.1) is 5.25 Å². The summed E-state index contributed by atoms with van der Waals surface area (Å²) in [6.45, 7) is 1.91. The van der Waals surface area contributed by atoms with Crippen molar-refractivity contribution in [1.82, 2.24) is 15.5 Å². The predicted octanol–water partition coefficient (Wildman–Crippen LogP) is 4.96. The largest absolute Gasteiger partial charge is 0.411 e. The normalized spacial score (nSPS) is 31.7. The zero-order valence-electron chi connectivity index (χ0n) is 15.9. The average molecular weight is 418 g/mol. The number of rotatable bonds is 5. The second-order valence-electron chi connectivity index (χ2n) is 8.83. The molecule has 1 aromatic heterocycles. The molecule has 4 fully saturated rings. The summed E-state index contributed by atoms with van der Waals surface area (Å²) < 4.78 is 5.74. The summed E-state index contributed by atoms with van der Waals surface area (Å²) >= 11 is 7.24. The Morgan fingerprint density at radius 2 is 1.75 bits per heavy atom. The van der Waals surface area contributed by atoms with Crippen LogP contribution in [0.3, 0.4) is 0 Å². The summed E-state index contributed by atoms with van der Waals surface area (Å²) in [6.07, 6.45) is 7.58. The van der Waals surface area contributed by atoms with Crippen LogP contribution in [0.4, 0.5) is 0 Å². The van der Waals surface area contributed by atoms with E-state index in [2.05, 4.69) is 15.5 Å². The standard InChI is InChI=1S/C21H24ClN3O2S/c1-12(28-20-25-24-19(27-20)16-2-4-17(22)5-3-16)18(26)23-21-9-13-6-14(10-21)8-15(7-13)11-21/h2-5,12-15H,6-11H2,1H3,(H,23,26)/t12-,13?,14?,15?,21?/m0/s1. The van der Waals surface area contributed by atoms with Crippen LogP contribution in [0.5, 0.6) is 0 Å². The lowest BCUT2D eigenvalue weighted by atomic mass is 9.53. The molecule has 1 atom stereocenters. The number of aromatic nitrogens is 2. The first kappa shape index (κ1) is 18.5. The third kappa shape index (κ3) is 3.57. The maximum atomic E-state index is 12.9. The topological polar surface area (TPSA) is 68.0 Å². The Morgan fingerprint density at radius 1 is 1.14 bits per heavy atom. The molecular formula is C21H24ClN3O2S. The molecule has 1 N–H and O–H groups in total. The van der Waals surface area contributed by atoms with Gasteiger partial charge in [0.2, 0.25) is 11.8 Å². The molecule has 5 nitrogen and oxygen atoms in total. The number of hydrogen-bond donors (Lipinski definition) is 1. The Morgan fingerprint density at radius 3 is 2.36 bits per heavy atom. The molecule has 1 aromatic carbocycles. The van der Waals surface area contributed by atoms with Crippen LogP contribution in [-0.4, -0.2) is 26.9 Å². The van der Waals surface area contributed by atoms with Crippen LogP contribution >= 0.6 is 23.4 Å². The van der Waals surface area contributed by atoms with Crippen LogP contribution in [0, 0.1) is 17.8 Å². The van der Waals surface area contributed by atoms with Crippen molar-refractivity contribution in [2.75, 3.05) is 0 Å². The van der Waals surface area contributed by atoms with Crippen molar-refractivity contribution < 1.29 is 9.21 Å². The summed E-state index contributed by atoms with van der Waals surface area (Å²) in [5.41, 5.74) is 0.846. The van der Waals surface area contributed by atoms with Crippen molar-refractivity contribution in [3.63, 3.8) is 0 Å². The van der Waals surface area contributed by atoms with Crippen LogP contribution in [0.2, 0.25) is 5.02 Å². The van der Waals surface area contributed by atoms with Crippen LogP contribution in [0.1, 0.15) is 45.4 Å². The lowest BCUT2D eigenvalue weighted by Crippen LogP contribution is -2.60. The van der Waals surface area contributed by atoms with E-state index in [4.69, 9.17) is 16.0 Å². The lowest BCUT2D eigenvalue weighted by Gasteiger charge is -2.57. The molecule has 4 aliphatic carbocycles. The first-order valence-corrected chi connectivity index (χ1v) is 11.3. The summed E-state index contributed by atoms with van der Waals surface area (Å²) in [7, 11) is 0. The Labute approximate surface area is 174 Å². The lowest BCUT2D eigenvalue weighted by molar-refractivity contribution is -0.126. The fraction of sp³-hybridized carbons (Fsp3) is 0.571. The molecule has 4 bridgehead atoms. The molecule has 28 heavy (non-hydrogen) atoms. The van der Waals surface area contributed by atoms with Gasteiger partial charge in [-0.05, 0) is 87.5 Å². The maximum absolute atomic E-state index is 12.9. The first-order valence-electron chi connectivity index (χ1n) is 10.1. The minimum atomic E-state index is -0.272. The highest BCUT2D eigenvalue weighted by Crippen LogP contribution is 2.55. The van der Waals surface area contributed by atoms with E-state index in [-0.39, 0.29) is 16.7 Å². The van der Waals surface area contributed by atoms with Gasteiger partial charge in [0.1, 0.15) is 0 Å². The summed E-state index contributed by atoms with van der Waals surface area (Å²) in [5, 5.41) is 12.4. The van der Waals surface area contributed by atoms with Gasteiger partial charge in [-0.1, -0.05) is 23.4 Å². The Hall–Kier alpha value is -1.53. The quantitative estimate of drug-likeness (QED) is 0.696. The number of carbonyl (C=O) groups excluding carboxylic acids is 1. The number of thioether (sulfide) groups is 1. The molecule has 6 rings (SSSR count). The van der Waals surface area contributed by atoms with Gasteiger partial charge in [-0.2, -0.15) is 0 Å². The number of carbonyl (C=O) groups is 1. The first-order chi connectivity index (χ1) is 13.5. The summed E-state index contributed by atoms with van der Waals surface area (Å²) in [5.74, 6) is 2.96. The van der Waals surface area contributed by atoms with Crippen LogP contribution < -0.4 is 5.32 Å². The molecule has 0 unspecified atom stereocenters. The SMILES string of the molecule is C[C@H](Sc1nnc(-c2ccc(Cl)cc2)o1)C(=O)NC12CC3CC(CC(C3)C1)C2. The van der Waals surface area contributed by atoms with Crippen LogP contribution in [0.25, 0.3) is 11.5 Å². The van der Waals surface area contributed by atoms with Crippen molar-refractivity contribution in [3.8, 4) is 11.5 Å². The number of benzene rings is 1. The van der Waals surface area contributed by atoms with Gasteiger partial charge in [-0.3, -0.25) is 4.79 Å². The van der Waals surface area contributed by atoms with Crippen molar-refractivity contribution >= 4 is 29.3 Å². The molecular weight excluding hydrogens is 394 g/mol. The van der Waals surface area contributed by atoms with Crippen LogP contribution in [-0.2, 0) is 4.79 Å². The van der Waals surface area contributed by atoms with Gasteiger partial charge >= 0.3 is 0 Å². The van der Waals surface area contributed by atoms with E-state index in [1.54, 1.807) is 12.1 Å². The summed E-state index contributed by atoms with van der Waals surface area (Å²) in [4.78, 5) is 12.9. The van der Waals surface area contributed by atoms with E-state index >= 15 is 0 Å². The highest BCUT2D eigenvalue weighted by molar-refractivity contribution is 8.00. The number of hydrogen-bond acceptors (Lipinski definition) is 5. The molecule has 7 heteroatoms. The third-order valence-electron chi connectivity index (χ3n) is 6.57. The summed E-state index contributed by atoms with van der Waals surface area (Å²) in [6, 6.07) is 7.26. The van der Waals surface area contributed by atoms with E-state index in [0.29, 0.717) is 16.1 Å².